The van der Waals surface area contributed by atoms with Crippen molar-refractivity contribution in [2.75, 3.05) is 20.3 Å². The van der Waals surface area contributed by atoms with E-state index in [1.165, 1.54) is 12.1 Å². The number of hydrogen-bond donors (Lipinski definition) is 1. The van der Waals surface area contributed by atoms with Crippen LogP contribution in [0.2, 0.25) is 0 Å². The molecule has 134 valence electrons. The second-order valence-corrected chi connectivity index (χ2v) is 5.26. The largest absolute Gasteiger partial charge is 0.497 e. The highest BCUT2D eigenvalue weighted by molar-refractivity contribution is 5.81. The summed E-state index contributed by atoms with van der Waals surface area (Å²) in [4.78, 5) is 12.2. The molecule has 0 aliphatic carbocycles. The van der Waals surface area contributed by atoms with Crippen LogP contribution in [-0.4, -0.2) is 32.3 Å². The molecule has 1 atom stereocenters. The molecule has 0 aliphatic rings. The lowest BCUT2D eigenvalue weighted by Gasteiger charge is -2.17. The number of para-hydroxylation sites is 1. The zero-order chi connectivity index (χ0) is 18.1. The lowest BCUT2D eigenvalue weighted by molar-refractivity contribution is -0.128. The average molecular weight is 347 g/mol. The van der Waals surface area contributed by atoms with Crippen molar-refractivity contribution in [3.63, 3.8) is 0 Å². The number of rotatable bonds is 9. The summed E-state index contributed by atoms with van der Waals surface area (Å²) in [6.45, 7) is 2.44. The van der Waals surface area contributed by atoms with E-state index in [1.807, 2.05) is 0 Å². The highest BCUT2D eigenvalue weighted by atomic mass is 19.1. The third kappa shape index (κ3) is 5.67. The van der Waals surface area contributed by atoms with E-state index in [1.54, 1.807) is 50.4 Å². The summed E-state index contributed by atoms with van der Waals surface area (Å²) in [5, 5.41) is 2.73. The van der Waals surface area contributed by atoms with Crippen LogP contribution in [0.3, 0.4) is 0 Å². The molecule has 5 nitrogen and oxygen atoms in total. The summed E-state index contributed by atoms with van der Waals surface area (Å²) in [5.74, 6) is 0.709. The number of hydrogen-bond acceptors (Lipinski definition) is 4. The normalized spacial score (nSPS) is 11.5. The van der Waals surface area contributed by atoms with Crippen molar-refractivity contribution >= 4 is 5.91 Å². The molecule has 0 saturated carbocycles. The summed E-state index contributed by atoms with van der Waals surface area (Å²) < 4.78 is 29.7. The van der Waals surface area contributed by atoms with Crippen molar-refractivity contribution in [3.05, 3.63) is 54.3 Å². The van der Waals surface area contributed by atoms with E-state index in [4.69, 9.17) is 14.2 Å². The van der Waals surface area contributed by atoms with Crippen molar-refractivity contribution in [2.24, 2.45) is 0 Å². The van der Waals surface area contributed by atoms with E-state index in [9.17, 15) is 9.18 Å². The van der Waals surface area contributed by atoms with E-state index in [-0.39, 0.29) is 11.7 Å². The Hall–Kier alpha value is -2.76. The van der Waals surface area contributed by atoms with Gasteiger partial charge in [0.25, 0.3) is 5.91 Å². The zero-order valence-corrected chi connectivity index (χ0v) is 14.3. The van der Waals surface area contributed by atoms with E-state index in [0.717, 1.165) is 5.75 Å². The van der Waals surface area contributed by atoms with Gasteiger partial charge in [-0.05, 0) is 42.8 Å². The van der Waals surface area contributed by atoms with Crippen LogP contribution in [0.15, 0.2) is 48.5 Å². The van der Waals surface area contributed by atoms with Crippen molar-refractivity contribution in [3.8, 4) is 17.2 Å². The molecule has 1 amide bonds. The second-order valence-electron chi connectivity index (χ2n) is 5.26. The lowest BCUT2D eigenvalue weighted by atomic mass is 10.2. The Morgan fingerprint density at radius 1 is 1.12 bits per heavy atom. The number of benzene rings is 2. The summed E-state index contributed by atoms with van der Waals surface area (Å²) in [7, 11) is 1.60. The fourth-order valence-electron chi connectivity index (χ4n) is 2.14. The molecular formula is C19H22FNO4. The van der Waals surface area contributed by atoms with Crippen molar-refractivity contribution < 1.29 is 23.4 Å². The van der Waals surface area contributed by atoms with E-state index >= 15 is 0 Å². The highest BCUT2D eigenvalue weighted by Gasteiger charge is 2.19. The highest BCUT2D eigenvalue weighted by Crippen LogP contribution is 2.18. The molecule has 0 fully saturated rings. The molecule has 2 aromatic carbocycles. The Labute approximate surface area is 146 Å². The second kappa shape index (κ2) is 9.52. The molecule has 1 N–H and O–H groups in total. The first-order chi connectivity index (χ1) is 12.1. The third-order valence-electron chi connectivity index (χ3n) is 3.50. The zero-order valence-electron chi connectivity index (χ0n) is 14.3. The van der Waals surface area contributed by atoms with Crippen LogP contribution in [0, 0.1) is 5.82 Å². The van der Waals surface area contributed by atoms with Gasteiger partial charge in [0.1, 0.15) is 18.1 Å². The average Bonchev–Trinajstić information content (AvgIpc) is 2.65. The van der Waals surface area contributed by atoms with Crippen LogP contribution < -0.4 is 19.5 Å². The van der Waals surface area contributed by atoms with Crippen molar-refractivity contribution in [1.82, 2.24) is 5.32 Å². The maximum atomic E-state index is 13.6. The molecule has 0 saturated heterocycles. The van der Waals surface area contributed by atoms with Gasteiger partial charge in [0.05, 0.1) is 13.7 Å². The van der Waals surface area contributed by atoms with Crippen LogP contribution in [0.4, 0.5) is 4.39 Å². The summed E-state index contributed by atoms with van der Waals surface area (Å²) in [6, 6.07) is 13.2. The summed E-state index contributed by atoms with van der Waals surface area (Å²) in [5.41, 5.74) is 0. The standard InChI is InChI=1S/C19H22FNO4/c1-3-17(25-18-7-5-4-6-16(18)20)19(22)21-12-13-24-15-10-8-14(23-2)9-11-15/h4-11,17H,3,12-13H2,1-2H3,(H,21,22). The topological polar surface area (TPSA) is 56.8 Å². The van der Waals surface area contributed by atoms with Crippen LogP contribution in [0.25, 0.3) is 0 Å². The molecule has 0 spiro atoms. The van der Waals surface area contributed by atoms with Gasteiger partial charge in [-0.15, -0.1) is 0 Å². The van der Waals surface area contributed by atoms with Crippen LogP contribution in [0.5, 0.6) is 17.2 Å². The van der Waals surface area contributed by atoms with Gasteiger partial charge in [-0.2, -0.15) is 0 Å². The third-order valence-corrected chi connectivity index (χ3v) is 3.50. The minimum atomic E-state index is -0.752. The first-order valence-electron chi connectivity index (χ1n) is 8.09. The Balaban J connectivity index is 1.76. The quantitative estimate of drug-likeness (QED) is 0.708. The van der Waals surface area contributed by atoms with Gasteiger partial charge in [-0.1, -0.05) is 19.1 Å². The molecular weight excluding hydrogens is 325 g/mol. The maximum Gasteiger partial charge on any atom is 0.261 e. The maximum absolute atomic E-state index is 13.6. The minimum Gasteiger partial charge on any atom is -0.497 e. The van der Waals surface area contributed by atoms with Gasteiger partial charge in [0.15, 0.2) is 17.7 Å². The first kappa shape index (κ1) is 18.6. The number of carbonyl (C=O) groups excluding carboxylic acids is 1. The molecule has 6 heteroatoms. The number of amides is 1. The van der Waals surface area contributed by atoms with Crippen LogP contribution >= 0.6 is 0 Å². The fraction of sp³-hybridized carbons (Fsp3) is 0.316. The van der Waals surface area contributed by atoms with E-state index in [2.05, 4.69) is 5.32 Å². The van der Waals surface area contributed by atoms with Crippen LogP contribution in [-0.2, 0) is 4.79 Å². The molecule has 0 aliphatic heterocycles. The van der Waals surface area contributed by atoms with Crippen molar-refractivity contribution in [2.45, 2.75) is 19.4 Å². The fourth-order valence-corrected chi connectivity index (χ4v) is 2.14. The predicted octanol–water partition coefficient (Wildman–Crippen LogP) is 3.19. The van der Waals surface area contributed by atoms with Gasteiger partial charge in [-0.25, -0.2) is 4.39 Å². The molecule has 0 bridgehead atoms. The van der Waals surface area contributed by atoms with Gasteiger partial charge >= 0.3 is 0 Å². The van der Waals surface area contributed by atoms with Gasteiger partial charge < -0.3 is 19.5 Å². The molecule has 0 radical (unpaired) electrons. The number of methoxy groups -OCH3 is 1. The number of carbonyl (C=O) groups is 1. The number of ether oxygens (including phenoxy) is 3. The summed E-state index contributed by atoms with van der Waals surface area (Å²) in [6.07, 6.45) is -0.322. The van der Waals surface area contributed by atoms with E-state index < -0.39 is 11.9 Å². The molecule has 0 aromatic heterocycles. The first-order valence-corrected chi connectivity index (χ1v) is 8.09. The smallest absolute Gasteiger partial charge is 0.261 e. The van der Waals surface area contributed by atoms with Crippen LogP contribution in [0.1, 0.15) is 13.3 Å². The van der Waals surface area contributed by atoms with Gasteiger partial charge in [-0.3, -0.25) is 4.79 Å². The molecule has 0 heterocycles. The summed E-state index contributed by atoms with van der Waals surface area (Å²) >= 11 is 0. The Morgan fingerprint density at radius 2 is 1.80 bits per heavy atom. The molecule has 1 unspecified atom stereocenters. The number of nitrogens with one attached hydrogen (secondary N) is 1. The Bertz CT molecular complexity index is 675. The van der Waals surface area contributed by atoms with E-state index in [0.29, 0.717) is 25.3 Å². The lowest BCUT2D eigenvalue weighted by Crippen LogP contribution is -2.39. The SMILES string of the molecule is CCC(Oc1ccccc1F)C(=O)NCCOc1ccc(OC)cc1. The minimum absolute atomic E-state index is 0.0685. The van der Waals surface area contributed by atoms with Crippen molar-refractivity contribution in [1.29, 1.82) is 0 Å². The molecule has 25 heavy (non-hydrogen) atoms. The van der Waals surface area contributed by atoms with Gasteiger partial charge in [0.2, 0.25) is 0 Å². The number of halogens is 1. The predicted molar refractivity (Wildman–Crippen MR) is 92.6 cm³/mol. The molecule has 2 rings (SSSR count). The Morgan fingerprint density at radius 3 is 2.44 bits per heavy atom. The Kier molecular flexibility index (Phi) is 7.07. The molecule has 2 aromatic rings. The van der Waals surface area contributed by atoms with Gasteiger partial charge in [0, 0.05) is 0 Å². The monoisotopic (exact) mass is 347 g/mol.